The molecule has 0 spiro atoms. The van der Waals surface area contributed by atoms with Gasteiger partial charge >= 0.3 is 0 Å². The highest BCUT2D eigenvalue weighted by molar-refractivity contribution is 6.23. The summed E-state index contributed by atoms with van der Waals surface area (Å²) in [4.78, 5) is 0. The molecule has 0 amide bonds. The Hall–Kier alpha value is -7.24. The SMILES string of the molecule is N#CC(C#N)=c1ccc(=C(C#N)C#N)cc1.c1cc2ccc3cccc4ccc(c1)c2c34.c1cc2ccc3cccc4ccc(c1)c2c34. The van der Waals surface area contributed by atoms with Crippen molar-refractivity contribution in [2.45, 2.75) is 0 Å². The second kappa shape index (κ2) is 12.6. The molecule has 220 valence electrons. The molecule has 0 bridgehead atoms. The first-order chi connectivity index (χ1) is 23.6. The molecule has 9 rings (SSSR count). The van der Waals surface area contributed by atoms with Crippen molar-refractivity contribution in [3.8, 4) is 24.3 Å². The number of hydrogen-bond acceptors (Lipinski definition) is 4. The van der Waals surface area contributed by atoms with Gasteiger partial charge in [-0.2, -0.15) is 21.0 Å². The first-order valence-corrected chi connectivity index (χ1v) is 15.3. The zero-order chi connectivity index (χ0) is 33.0. The summed E-state index contributed by atoms with van der Waals surface area (Å²) < 4.78 is 0. The minimum Gasteiger partial charge on any atom is -0.192 e. The monoisotopic (exact) mass is 608 g/mol. The van der Waals surface area contributed by atoms with E-state index in [1.54, 1.807) is 24.3 Å². The summed E-state index contributed by atoms with van der Waals surface area (Å²) in [6, 6.07) is 56.9. The van der Waals surface area contributed by atoms with E-state index >= 15 is 0 Å². The Bertz CT molecular complexity index is 2430. The van der Waals surface area contributed by atoms with Gasteiger partial charge in [-0.15, -0.1) is 0 Å². The van der Waals surface area contributed by atoms with Crippen molar-refractivity contribution in [3.63, 3.8) is 0 Å². The van der Waals surface area contributed by atoms with Gasteiger partial charge in [0.25, 0.3) is 0 Å². The molecule has 0 aromatic heterocycles. The van der Waals surface area contributed by atoms with E-state index in [1.165, 1.54) is 88.9 Å². The van der Waals surface area contributed by atoms with Crippen LogP contribution in [0.15, 0.2) is 146 Å². The van der Waals surface area contributed by atoms with E-state index in [-0.39, 0.29) is 11.1 Å². The topological polar surface area (TPSA) is 95.2 Å². The average molecular weight is 609 g/mol. The summed E-state index contributed by atoms with van der Waals surface area (Å²) in [5, 5.41) is 51.8. The van der Waals surface area contributed by atoms with Crippen LogP contribution < -0.4 is 10.4 Å². The normalized spacial score (nSPS) is 10.4. The second-order valence-electron chi connectivity index (χ2n) is 11.4. The van der Waals surface area contributed by atoms with Crippen molar-refractivity contribution >= 4 is 75.8 Å². The average Bonchev–Trinajstić information content (AvgIpc) is 3.15. The molecule has 0 heterocycles. The first-order valence-electron chi connectivity index (χ1n) is 15.3. The molecule has 0 aliphatic rings. The second-order valence-corrected chi connectivity index (χ2v) is 11.4. The Kier molecular flexibility index (Phi) is 7.76. The van der Waals surface area contributed by atoms with Gasteiger partial charge in [0, 0.05) is 10.4 Å². The molecule has 0 saturated heterocycles. The number of benzene rings is 9. The third-order valence-corrected chi connectivity index (χ3v) is 8.69. The Morgan fingerprint density at radius 3 is 0.625 bits per heavy atom. The van der Waals surface area contributed by atoms with Gasteiger partial charge in [0.1, 0.15) is 35.4 Å². The van der Waals surface area contributed by atoms with Crippen LogP contribution in [-0.4, -0.2) is 0 Å². The maximum Gasteiger partial charge on any atom is 0.136 e. The third-order valence-electron chi connectivity index (χ3n) is 8.69. The lowest BCUT2D eigenvalue weighted by Gasteiger charge is -2.09. The first kappa shape index (κ1) is 29.5. The lowest BCUT2D eigenvalue weighted by atomic mass is 9.95. The highest BCUT2D eigenvalue weighted by Gasteiger charge is 2.07. The zero-order valence-corrected chi connectivity index (χ0v) is 25.6. The quantitative estimate of drug-likeness (QED) is 0.160. The van der Waals surface area contributed by atoms with Crippen LogP contribution in [0.3, 0.4) is 0 Å². The molecule has 4 heteroatoms. The van der Waals surface area contributed by atoms with Gasteiger partial charge < -0.3 is 0 Å². The van der Waals surface area contributed by atoms with Gasteiger partial charge in [-0.05, 0) is 64.6 Å². The van der Waals surface area contributed by atoms with E-state index in [4.69, 9.17) is 21.0 Å². The predicted molar refractivity (Wildman–Crippen MR) is 195 cm³/mol. The summed E-state index contributed by atoms with van der Waals surface area (Å²) >= 11 is 0. The Morgan fingerprint density at radius 1 is 0.271 bits per heavy atom. The number of hydrogen-bond donors (Lipinski definition) is 0. The van der Waals surface area contributed by atoms with Crippen LogP contribution in [0.2, 0.25) is 0 Å². The minimum atomic E-state index is 0.00187. The maximum atomic E-state index is 8.63. The van der Waals surface area contributed by atoms with Crippen LogP contribution in [0.25, 0.3) is 75.8 Å². The molecular formula is C44H24N4. The van der Waals surface area contributed by atoms with Gasteiger partial charge in [0.2, 0.25) is 0 Å². The number of nitrogens with zero attached hydrogens (tertiary/aromatic N) is 4. The molecule has 0 aliphatic carbocycles. The molecular weight excluding hydrogens is 585 g/mol. The van der Waals surface area contributed by atoms with Crippen molar-refractivity contribution < 1.29 is 0 Å². The number of rotatable bonds is 0. The Labute approximate surface area is 276 Å². The highest BCUT2D eigenvalue weighted by atomic mass is 14.3. The van der Waals surface area contributed by atoms with Crippen molar-refractivity contribution in [2.75, 3.05) is 0 Å². The van der Waals surface area contributed by atoms with Gasteiger partial charge in [-0.1, -0.05) is 146 Å². The van der Waals surface area contributed by atoms with Crippen LogP contribution in [-0.2, 0) is 0 Å². The Balaban J connectivity index is 0.000000114. The molecule has 0 unspecified atom stereocenters. The van der Waals surface area contributed by atoms with E-state index in [0.717, 1.165) is 0 Å². The van der Waals surface area contributed by atoms with Gasteiger partial charge in [0.05, 0.1) is 0 Å². The van der Waals surface area contributed by atoms with Crippen LogP contribution in [0, 0.1) is 45.3 Å². The molecule has 0 aliphatic heterocycles. The smallest absolute Gasteiger partial charge is 0.136 e. The molecule has 48 heavy (non-hydrogen) atoms. The summed E-state index contributed by atoms with van der Waals surface area (Å²) in [6.07, 6.45) is 0. The zero-order valence-electron chi connectivity index (χ0n) is 25.6. The molecule has 0 atom stereocenters. The highest BCUT2D eigenvalue weighted by Crippen LogP contribution is 2.35. The molecule has 4 nitrogen and oxygen atoms in total. The maximum absolute atomic E-state index is 8.63. The standard InChI is InChI=1S/2C16H10.C12H4N4/c2*1-3-11-7-9-13-5-2-6-14-10-8-12(4-1)15(11)16(13)14;13-5-11(6-14)9-1-2-10(4-3-9)12(7-15)8-16/h2*1-10H;1-4H. The Morgan fingerprint density at radius 2 is 0.458 bits per heavy atom. The summed E-state index contributed by atoms with van der Waals surface area (Å²) in [7, 11) is 0. The molecule has 0 saturated carbocycles. The van der Waals surface area contributed by atoms with Crippen LogP contribution >= 0.6 is 0 Å². The van der Waals surface area contributed by atoms with Crippen molar-refractivity contribution in [1.82, 2.24) is 0 Å². The minimum absolute atomic E-state index is 0.00187. The fraction of sp³-hybridized carbons (Fsp3) is 0. The molecule has 0 fully saturated rings. The molecule has 0 radical (unpaired) electrons. The predicted octanol–water partition coefficient (Wildman–Crippen LogP) is 9.25. The lowest BCUT2D eigenvalue weighted by Crippen LogP contribution is -2.11. The summed E-state index contributed by atoms with van der Waals surface area (Å²) in [5.74, 6) is 0. The molecule has 0 N–H and O–H groups in total. The van der Waals surface area contributed by atoms with Gasteiger partial charge in [-0.25, -0.2) is 0 Å². The van der Waals surface area contributed by atoms with Gasteiger partial charge in [0.15, 0.2) is 0 Å². The fourth-order valence-electron chi connectivity index (χ4n) is 6.45. The largest absolute Gasteiger partial charge is 0.192 e. The van der Waals surface area contributed by atoms with Crippen molar-refractivity contribution in [3.05, 3.63) is 156 Å². The van der Waals surface area contributed by atoms with Crippen LogP contribution in [0.1, 0.15) is 0 Å². The van der Waals surface area contributed by atoms with E-state index in [9.17, 15) is 0 Å². The summed E-state index contributed by atoms with van der Waals surface area (Å²) in [5.41, 5.74) is 0.00373. The van der Waals surface area contributed by atoms with Crippen LogP contribution in [0.5, 0.6) is 0 Å². The van der Waals surface area contributed by atoms with Crippen molar-refractivity contribution in [2.24, 2.45) is 0 Å². The van der Waals surface area contributed by atoms with Gasteiger partial charge in [-0.3, -0.25) is 0 Å². The molecule has 9 aromatic carbocycles. The van der Waals surface area contributed by atoms with Crippen molar-refractivity contribution in [1.29, 1.82) is 21.0 Å². The van der Waals surface area contributed by atoms with E-state index in [2.05, 4.69) is 121 Å². The van der Waals surface area contributed by atoms with E-state index in [1.807, 2.05) is 0 Å². The number of nitriles is 4. The lowest BCUT2D eigenvalue weighted by molar-refractivity contribution is 1.46. The van der Waals surface area contributed by atoms with Crippen LogP contribution in [0.4, 0.5) is 0 Å². The van der Waals surface area contributed by atoms with E-state index < -0.39 is 0 Å². The molecule has 9 aromatic rings. The third kappa shape index (κ3) is 5.23. The summed E-state index contributed by atoms with van der Waals surface area (Å²) in [6.45, 7) is 0. The van der Waals surface area contributed by atoms with E-state index in [0.29, 0.717) is 10.4 Å². The fourth-order valence-corrected chi connectivity index (χ4v) is 6.45.